The molecule has 0 radical (unpaired) electrons. The van der Waals surface area contributed by atoms with E-state index in [1.54, 1.807) is 0 Å². The SMILES string of the molecule is CC(C)c1ccc(N)c(C=CCCl)c1. The van der Waals surface area contributed by atoms with Crippen LogP contribution in [0.3, 0.4) is 0 Å². The molecule has 0 amide bonds. The molecule has 2 N–H and O–H groups in total. The predicted octanol–water partition coefficient (Wildman–Crippen LogP) is 3.64. The van der Waals surface area contributed by atoms with Gasteiger partial charge in [-0.15, -0.1) is 11.6 Å². The van der Waals surface area contributed by atoms with E-state index in [-0.39, 0.29) is 0 Å². The summed E-state index contributed by atoms with van der Waals surface area (Å²) in [5, 5.41) is 0. The number of hydrogen-bond acceptors (Lipinski definition) is 1. The van der Waals surface area contributed by atoms with Crippen molar-refractivity contribution in [1.82, 2.24) is 0 Å². The van der Waals surface area contributed by atoms with Crippen LogP contribution in [0.15, 0.2) is 24.3 Å². The van der Waals surface area contributed by atoms with Crippen molar-refractivity contribution in [2.75, 3.05) is 11.6 Å². The molecule has 14 heavy (non-hydrogen) atoms. The Morgan fingerprint density at radius 1 is 1.43 bits per heavy atom. The summed E-state index contributed by atoms with van der Waals surface area (Å²) in [6.07, 6.45) is 3.87. The van der Waals surface area contributed by atoms with Gasteiger partial charge in [-0.05, 0) is 29.2 Å². The molecule has 0 bridgehead atoms. The van der Waals surface area contributed by atoms with Crippen LogP contribution in [0.5, 0.6) is 0 Å². The first kappa shape index (κ1) is 11.1. The van der Waals surface area contributed by atoms with Crippen LogP contribution in [0.4, 0.5) is 5.69 Å². The third kappa shape index (κ3) is 2.78. The third-order valence-corrected chi connectivity index (χ3v) is 2.34. The van der Waals surface area contributed by atoms with E-state index in [0.717, 1.165) is 11.3 Å². The minimum absolute atomic E-state index is 0.519. The first-order valence-electron chi connectivity index (χ1n) is 4.77. The molecule has 1 aromatic rings. The topological polar surface area (TPSA) is 26.0 Å². The standard InChI is InChI=1S/C12H16ClN/c1-9(2)10-5-6-12(14)11(8-10)4-3-7-13/h3-6,8-9H,7,14H2,1-2H3. The summed E-state index contributed by atoms with van der Waals surface area (Å²) < 4.78 is 0. The van der Waals surface area contributed by atoms with Gasteiger partial charge in [0.25, 0.3) is 0 Å². The molecule has 0 spiro atoms. The normalized spacial score (nSPS) is 11.4. The van der Waals surface area contributed by atoms with E-state index in [1.165, 1.54) is 5.56 Å². The number of allylic oxidation sites excluding steroid dienone is 1. The van der Waals surface area contributed by atoms with Crippen LogP contribution in [0.25, 0.3) is 6.08 Å². The van der Waals surface area contributed by atoms with Crippen LogP contribution in [-0.2, 0) is 0 Å². The summed E-state index contributed by atoms with van der Waals surface area (Å²) in [7, 11) is 0. The van der Waals surface area contributed by atoms with Gasteiger partial charge in [0, 0.05) is 11.6 Å². The van der Waals surface area contributed by atoms with E-state index >= 15 is 0 Å². The van der Waals surface area contributed by atoms with Crippen LogP contribution in [0.1, 0.15) is 30.9 Å². The zero-order chi connectivity index (χ0) is 10.6. The summed E-state index contributed by atoms with van der Waals surface area (Å²) in [5.74, 6) is 1.05. The molecule has 0 atom stereocenters. The second-order valence-electron chi connectivity index (χ2n) is 3.60. The van der Waals surface area contributed by atoms with Gasteiger partial charge >= 0.3 is 0 Å². The average molecular weight is 210 g/mol. The fraction of sp³-hybridized carbons (Fsp3) is 0.333. The summed E-state index contributed by atoms with van der Waals surface area (Å²) >= 11 is 5.58. The first-order chi connectivity index (χ1) is 6.65. The summed E-state index contributed by atoms with van der Waals surface area (Å²) in [5.41, 5.74) is 8.99. The van der Waals surface area contributed by atoms with Gasteiger partial charge in [-0.25, -0.2) is 0 Å². The number of alkyl halides is 1. The highest BCUT2D eigenvalue weighted by molar-refractivity contribution is 6.19. The summed E-state index contributed by atoms with van der Waals surface area (Å²) in [6.45, 7) is 4.33. The fourth-order valence-electron chi connectivity index (χ4n) is 1.27. The molecule has 0 heterocycles. The maximum absolute atomic E-state index is 5.84. The second kappa shape index (κ2) is 5.06. The van der Waals surface area contributed by atoms with E-state index in [1.807, 2.05) is 18.2 Å². The lowest BCUT2D eigenvalue weighted by molar-refractivity contribution is 0.866. The minimum atomic E-state index is 0.519. The first-order valence-corrected chi connectivity index (χ1v) is 5.30. The lowest BCUT2D eigenvalue weighted by Gasteiger charge is -2.08. The van der Waals surface area contributed by atoms with Crippen LogP contribution in [0.2, 0.25) is 0 Å². The number of rotatable bonds is 3. The summed E-state index contributed by atoms with van der Waals surface area (Å²) in [6, 6.07) is 6.13. The van der Waals surface area contributed by atoms with E-state index in [9.17, 15) is 0 Å². The maximum atomic E-state index is 5.84. The molecule has 1 aromatic carbocycles. The van der Waals surface area contributed by atoms with E-state index < -0.39 is 0 Å². The van der Waals surface area contributed by atoms with Crippen molar-refractivity contribution in [3.05, 3.63) is 35.4 Å². The van der Waals surface area contributed by atoms with Crippen molar-refractivity contribution in [2.24, 2.45) is 0 Å². The zero-order valence-electron chi connectivity index (χ0n) is 8.63. The van der Waals surface area contributed by atoms with Crippen molar-refractivity contribution < 1.29 is 0 Å². The van der Waals surface area contributed by atoms with Crippen LogP contribution < -0.4 is 5.73 Å². The monoisotopic (exact) mass is 209 g/mol. The molecule has 0 unspecified atom stereocenters. The Morgan fingerprint density at radius 2 is 2.14 bits per heavy atom. The molecule has 0 aliphatic rings. The van der Waals surface area contributed by atoms with Gasteiger partial charge in [0.2, 0.25) is 0 Å². The smallest absolute Gasteiger partial charge is 0.0407 e. The molecular weight excluding hydrogens is 194 g/mol. The fourth-order valence-corrected chi connectivity index (χ4v) is 1.36. The molecule has 0 saturated heterocycles. The third-order valence-electron chi connectivity index (χ3n) is 2.16. The van der Waals surface area contributed by atoms with Gasteiger partial charge < -0.3 is 5.73 Å². The van der Waals surface area contributed by atoms with Gasteiger partial charge in [-0.3, -0.25) is 0 Å². The van der Waals surface area contributed by atoms with Gasteiger partial charge in [0.05, 0.1) is 0 Å². The molecule has 1 nitrogen and oxygen atoms in total. The highest BCUT2D eigenvalue weighted by Gasteiger charge is 2.01. The Morgan fingerprint density at radius 3 is 2.71 bits per heavy atom. The highest BCUT2D eigenvalue weighted by Crippen LogP contribution is 2.21. The quantitative estimate of drug-likeness (QED) is 0.597. The van der Waals surface area contributed by atoms with Gasteiger partial charge in [-0.1, -0.05) is 32.1 Å². The van der Waals surface area contributed by atoms with E-state index in [2.05, 4.69) is 26.0 Å². The number of halogens is 1. The molecule has 0 aliphatic heterocycles. The number of hydrogen-bond donors (Lipinski definition) is 1. The number of benzene rings is 1. The Balaban J connectivity index is 3.02. The molecular formula is C12H16ClN. The number of nitrogen functional groups attached to an aromatic ring is 1. The number of anilines is 1. The Labute approximate surface area is 90.6 Å². The van der Waals surface area contributed by atoms with Crippen molar-refractivity contribution in [3.63, 3.8) is 0 Å². The van der Waals surface area contributed by atoms with Gasteiger partial charge in [0.1, 0.15) is 0 Å². The minimum Gasteiger partial charge on any atom is -0.398 e. The summed E-state index contributed by atoms with van der Waals surface area (Å²) in [4.78, 5) is 0. The molecule has 0 aromatic heterocycles. The lowest BCUT2D eigenvalue weighted by atomic mass is 10.00. The van der Waals surface area contributed by atoms with Gasteiger partial charge in [0.15, 0.2) is 0 Å². The largest absolute Gasteiger partial charge is 0.398 e. The van der Waals surface area contributed by atoms with Gasteiger partial charge in [-0.2, -0.15) is 0 Å². The second-order valence-corrected chi connectivity index (χ2v) is 3.91. The average Bonchev–Trinajstić information content (AvgIpc) is 2.16. The molecule has 2 heteroatoms. The van der Waals surface area contributed by atoms with Crippen molar-refractivity contribution >= 4 is 23.4 Å². The molecule has 0 saturated carbocycles. The lowest BCUT2D eigenvalue weighted by Crippen LogP contribution is -1.93. The Kier molecular flexibility index (Phi) is 4.02. The number of nitrogens with two attached hydrogens (primary N) is 1. The van der Waals surface area contributed by atoms with Crippen molar-refractivity contribution in [3.8, 4) is 0 Å². The Bertz CT molecular complexity index is 329. The molecule has 1 rings (SSSR count). The van der Waals surface area contributed by atoms with E-state index in [4.69, 9.17) is 17.3 Å². The van der Waals surface area contributed by atoms with Crippen molar-refractivity contribution in [2.45, 2.75) is 19.8 Å². The zero-order valence-corrected chi connectivity index (χ0v) is 9.38. The van der Waals surface area contributed by atoms with Crippen LogP contribution in [-0.4, -0.2) is 5.88 Å². The van der Waals surface area contributed by atoms with Crippen molar-refractivity contribution in [1.29, 1.82) is 0 Å². The highest BCUT2D eigenvalue weighted by atomic mass is 35.5. The maximum Gasteiger partial charge on any atom is 0.0407 e. The van der Waals surface area contributed by atoms with Crippen LogP contribution in [0, 0.1) is 0 Å². The predicted molar refractivity (Wildman–Crippen MR) is 64.7 cm³/mol. The molecule has 76 valence electrons. The molecule has 0 fully saturated rings. The van der Waals surface area contributed by atoms with E-state index in [0.29, 0.717) is 11.8 Å². The Hall–Kier alpha value is -0.950. The van der Waals surface area contributed by atoms with Crippen LogP contribution >= 0.6 is 11.6 Å². The molecule has 0 aliphatic carbocycles.